The van der Waals surface area contributed by atoms with Crippen molar-refractivity contribution in [1.29, 1.82) is 0 Å². The van der Waals surface area contributed by atoms with E-state index in [1.807, 2.05) is 0 Å². The van der Waals surface area contributed by atoms with Crippen molar-refractivity contribution in [2.45, 2.75) is 0 Å². The van der Waals surface area contributed by atoms with E-state index in [2.05, 4.69) is 10.2 Å². The van der Waals surface area contributed by atoms with Crippen LogP contribution in [0.5, 0.6) is 17.2 Å². The van der Waals surface area contributed by atoms with Gasteiger partial charge in [-0.25, -0.2) is 8.78 Å². The van der Waals surface area contributed by atoms with Gasteiger partial charge in [-0.2, -0.15) is 5.10 Å². The Kier molecular flexibility index (Phi) is 4.56. The molecule has 0 aliphatic rings. The molecule has 1 aromatic heterocycles. The largest absolute Gasteiger partial charge is 0.493 e. The number of halogens is 2. The first-order valence-electron chi connectivity index (χ1n) is 7.38. The van der Waals surface area contributed by atoms with Gasteiger partial charge < -0.3 is 14.2 Å². The molecule has 0 saturated heterocycles. The first kappa shape index (κ1) is 16.8. The number of ether oxygens (including phenoxy) is 3. The average molecular weight is 346 g/mol. The predicted octanol–water partition coefficient (Wildman–Crippen LogP) is 4.05. The highest BCUT2D eigenvalue weighted by atomic mass is 19.1. The number of benzene rings is 2. The summed E-state index contributed by atoms with van der Waals surface area (Å²) in [5, 5.41) is 6.98. The van der Waals surface area contributed by atoms with E-state index in [4.69, 9.17) is 14.2 Å². The zero-order valence-corrected chi connectivity index (χ0v) is 13.9. The van der Waals surface area contributed by atoms with Gasteiger partial charge in [-0.3, -0.25) is 5.10 Å². The monoisotopic (exact) mass is 346 g/mol. The quantitative estimate of drug-likeness (QED) is 0.757. The molecule has 1 heterocycles. The van der Waals surface area contributed by atoms with E-state index >= 15 is 0 Å². The fraction of sp³-hybridized carbons (Fsp3) is 0.167. The van der Waals surface area contributed by atoms with Crippen LogP contribution in [0.15, 0.2) is 36.4 Å². The molecule has 7 heteroatoms. The molecule has 0 aliphatic carbocycles. The minimum absolute atomic E-state index is 0.340. The second kappa shape index (κ2) is 6.80. The van der Waals surface area contributed by atoms with E-state index in [1.54, 1.807) is 18.2 Å². The van der Waals surface area contributed by atoms with Gasteiger partial charge in [-0.15, -0.1) is 0 Å². The van der Waals surface area contributed by atoms with Crippen molar-refractivity contribution in [3.05, 3.63) is 48.0 Å². The zero-order valence-electron chi connectivity index (χ0n) is 13.9. The van der Waals surface area contributed by atoms with Crippen LogP contribution in [0, 0.1) is 11.6 Å². The summed E-state index contributed by atoms with van der Waals surface area (Å²) in [4.78, 5) is 0. The molecule has 0 amide bonds. The summed E-state index contributed by atoms with van der Waals surface area (Å²) in [5.41, 5.74) is 2.12. The lowest BCUT2D eigenvalue weighted by atomic mass is 10.1. The van der Waals surface area contributed by atoms with Gasteiger partial charge in [0.15, 0.2) is 11.5 Å². The Labute approximate surface area is 143 Å². The number of hydrogen-bond acceptors (Lipinski definition) is 4. The van der Waals surface area contributed by atoms with E-state index in [1.165, 1.54) is 33.5 Å². The van der Waals surface area contributed by atoms with Crippen molar-refractivity contribution in [2.75, 3.05) is 21.3 Å². The number of rotatable bonds is 5. The third-order valence-corrected chi connectivity index (χ3v) is 3.71. The van der Waals surface area contributed by atoms with Crippen molar-refractivity contribution in [3.8, 4) is 39.8 Å². The van der Waals surface area contributed by atoms with E-state index in [0.717, 1.165) is 11.6 Å². The van der Waals surface area contributed by atoms with Gasteiger partial charge in [0.2, 0.25) is 5.75 Å². The lowest BCUT2D eigenvalue weighted by Gasteiger charge is -2.13. The van der Waals surface area contributed by atoms with Crippen molar-refractivity contribution in [2.24, 2.45) is 0 Å². The fourth-order valence-electron chi connectivity index (χ4n) is 2.56. The van der Waals surface area contributed by atoms with Crippen LogP contribution >= 0.6 is 0 Å². The maximum Gasteiger partial charge on any atom is 0.203 e. The lowest BCUT2D eigenvalue weighted by molar-refractivity contribution is 0.324. The number of nitrogens with zero attached hydrogens (tertiary/aromatic N) is 1. The van der Waals surface area contributed by atoms with Crippen LogP contribution in [0.25, 0.3) is 22.5 Å². The van der Waals surface area contributed by atoms with E-state index in [0.29, 0.717) is 34.2 Å². The van der Waals surface area contributed by atoms with Crippen molar-refractivity contribution < 1.29 is 23.0 Å². The molecule has 0 fully saturated rings. The summed E-state index contributed by atoms with van der Waals surface area (Å²) >= 11 is 0. The van der Waals surface area contributed by atoms with Gasteiger partial charge in [0.25, 0.3) is 0 Å². The minimum Gasteiger partial charge on any atom is -0.493 e. The molecule has 0 aliphatic heterocycles. The van der Waals surface area contributed by atoms with Gasteiger partial charge in [0, 0.05) is 17.2 Å². The third kappa shape index (κ3) is 3.26. The van der Waals surface area contributed by atoms with E-state index in [-0.39, 0.29) is 0 Å². The van der Waals surface area contributed by atoms with Gasteiger partial charge in [-0.1, -0.05) is 0 Å². The molecule has 0 unspecified atom stereocenters. The molecule has 130 valence electrons. The highest BCUT2D eigenvalue weighted by Crippen LogP contribution is 2.41. The molecule has 2 aromatic carbocycles. The molecule has 25 heavy (non-hydrogen) atoms. The van der Waals surface area contributed by atoms with Crippen LogP contribution in [-0.4, -0.2) is 31.5 Å². The Morgan fingerprint density at radius 1 is 0.760 bits per heavy atom. The number of nitrogens with one attached hydrogen (secondary N) is 1. The first-order chi connectivity index (χ1) is 12.0. The van der Waals surface area contributed by atoms with Crippen LogP contribution < -0.4 is 14.2 Å². The third-order valence-electron chi connectivity index (χ3n) is 3.71. The Balaban J connectivity index is 2.05. The minimum atomic E-state index is -0.660. The summed E-state index contributed by atoms with van der Waals surface area (Å²) in [7, 11) is 4.57. The highest BCUT2D eigenvalue weighted by Gasteiger charge is 2.16. The molecule has 0 radical (unpaired) electrons. The Bertz CT molecular complexity index is 864. The standard InChI is InChI=1S/C18H16F2N2O3/c1-23-16-6-11(7-17(24-2)18(16)25-3)15-9-14(21-22-15)10-4-12(19)8-13(20)5-10/h4-9H,1-3H3,(H,21,22). The number of aromatic nitrogens is 2. The summed E-state index contributed by atoms with van der Waals surface area (Å²) in [6, 6.07) is 8.46. The van der Waals surface area contributed by atoms with E-state index in [9.17, 15) is 8.78 Å². The molecule has 5 nitrogen and oxygen atoms in total. The van der Waals surface area contributed by atoms with Gasteiger partial charge in [0.05, 0.1) is 32.7 Å². The smallest absolute Gasteiger partial charge is 0.203 e. The Morgan fingerprint density at radius 3 is 1.88 bits per heavy atom. The Morgan fingerprint density at radius 2 is 1.36 bits per heavy atom. The molecule has 3 aromatic rings. The van der Waals surface area contributed by atoms with E-state index < -0.39 is 11.6 Å². The Hall–Kier alpha value is -3.09. The van der Waals surface area contributed by atoms with Crippen LogP contribution in [0.4, 0.5) is 8.78 Å². The van der Waals surface area contributed by atoms with Crippen molar-refractivity contribution >= 4 is 0 Å². The van der Waals surface area contributed by atoms with Gasteiger partial charge >= 0.3 is 0 Å². The average Bonchev–Trinajstić information content (AvgIpc) is 3.09. The van der Waals surface area contributed by atoms with Crippen molar-refractivity contribution in [3.63, 3.8) is 0 Å². The lowest BCUT2D eigenvalue weighted by Crippen LogP contribution is -1.95. The molecular weight excluding hydrogens is 330 g/mol. The summed E-state index contributed by atoms with van der Waals surface area (Å²) < 4.78 is 42.7. The maximum atomic E-state index is 13.4. The number of H-pyrrole nitrogens is 1. The number of aromatic amines is 1. The topological polar surface area (TPSA) is 56.4 Å². The molecule has 0 spiro atoms. The number of hydrogen-bond donors (Lipinski definition) is 1. The van der Waals surface area contributed by atoms with Crippen molar-refractivity contribution in [1.82, 2.24) is 10.2 Å². The van der Waals surface area contributed by atoms with Gasteiger partial charge in [0.1, 0.15) is 11.6 Å². The normalized spacial score (nSPS) is 10.6. The fourth-order valence-corrected chi connectivity index (χ4v) is 2.56. The maximum absolute atomic E-state index is 13.4. The molecule has 0 bridgehead atoms. The molecule has 0 atom stereocenters. The molecule has 1 N–H and O–H groups in total. The SMILES string of the molecule is COc1cc(-c2cc(-c3cc(F)cc(F)c3)n[nH]2)cc(OC)c1OC. The second-order valence-corrected chi connectivity index (χ2v) is 5.24. The zero-order chi connectivity index (χ0) is 18.0. The van der Waals surface area contributed by atoms with Crippen LogP contribution in [0.2, 0.25) is 0 Å². The first-order valence-corrected chi connectivity index (χ1v) is 7.38. The summed E-state index contributed by atoms with van der Waals surface area (Å²) in [6.45, 7) is 0. The summed E-state index contributed by atoms with van der Waals surface area (Å²) in [6.07, 6.45) is 0. The predicted molar refractivity (Wildman–Crippen MR) is 89.0 cm³/mol. The molecule has 3 rings (SSSR count). The summed E-state index contributed by atoms with van der Waals surface area (Å²) in [5.74, 6) is 0.134. The number of methoxy groups -OCH3 is 3. The van der Waals surface area contributed by atoms with Crippen LogP contribution in [0.3, 0.4) is 0 Å². The van der Waals surface area contributed by atoms with Crippen LogP contribution in [-0.2, 0) is 0 Å². The second-order valence-electron chi connectivity index (χ2n) is 5.24. The molecule has 0 saturated carbocycles. The highest BCUT2D eigenvalue weighted by molar-refractivity contribution is 5.72. The van der Waals surface area contributed by atoms with Gasteiger partial charge in [-0.05, 0) is 30.3 Å². The van der Waals surface area contributed by atoms with Crippen LogP contribution in [0.1, 0.15) is 0 Å². The molecular formula is C18H16F2N2O3.